The van der Waals surface area contributed by atoms with E-state index in [0.717, 1.165) is 0 Å². The van der Waals surface area contributed by atoms with Crippen molar-refractivity contribution in [1.82, 2.24) is 0 Å². The fourth-order valence-electron chi connectivity index (χ4n) is 0.871. The molecule has 4 heteroatoms. The topological polar surface area (TPSA) is 9.23 Å². The first-order valence-corrected chi connectivity index (χ1v) is 9.41. The van der Waals surface area contributed by atoms with Crippen LogP contribution in [-0.2, 0) is 37.1 Å². The summed E-state index contributed by atoms with van der Waals surface area (Å²) in [4.78, 5) is 0. The summed E-state index contributed by atoms with van der Waals surface area (Å²) in [7, 11) is 0.564. The molecular weight excluding hydrogens is 245 g/mol. The average Bonchev–Trinajstić information content (AvgIpc) is 1.87. The van der Waals surface area contributed by atoms with Gasteiger partial charge in [0.15, 0.2) is 0 Å². The normalized spacial score (nSPS) is 11.5. The summed E-state index contributed by atoms with van der Waals surface area (Å²) in [6, 6.07) is 1.39. The fraction of sp³-hybridized carbons (Fsp3) is 1.00. The summed E-state index contributed by atoms with van der Waals surface area (Å²) in [6.45, 7) is 9.45. The third-order valence-electron chi connectivity index (χ3n) is 2.03. The van der Waals surface area contributed by atoms with Crippen molar-refractivity contribution in [2.75, 3.05) is 7.11 Å². The third kappa shape index (κ3) is 7.85. The van der Waals surface area contributed by atoms with E-state index in [1.54, 1.807) is 0 Å². The molecule has 1 nitrogen and oxygen atoms in total. The average molecular weight is 264 g/mol. The first-order valence-electron chi connectivity index (χ1n) is 3.88. The molecule has 0 unspecified atom stereocenters. The van der Waals surface area contributed by atoms with Crippen LogP contribution in [0.3, 0.4) is 0 Å². The molecule has 0 aromatic carbocycles. The maximum atomic E-state index is 5.32. The van der Waals surface area contributed by atoms with Crippen molar-refractivity contribution in [3.05, 3.63) is 0 Å². The molecule has 0 aromatic rings. The molecule has 0 aromatic heterocycles. The van der Waals surface area contributed by atoms with Crippen LogP contribution >= 0.6 is 0 Å². The van der Waals surface area contributed by atoms with E-state index in [-0.39, 0.29) is 32.7 Å². The van der Waals surface area contributed by atoms with Crippen molar-refractivity contribution in [1.29, 1.82) is 0 Å². The Morgan fingerprint density at radius 1 is 1.36 bits per heavy atom. The van der Waals surface area contributed by atoms with Crippen LogP contribution in [-0.4, -0.2) is 24.2 Å². The minimum atomic E-state index is -0.841. The van der Waals surface area contributed by atoms with Gasteiger partial charge in [-0.2, -0.15) is 0 Å². The van der Waals surface area contributed by atoms with Crippen LogP contribution in [0.1, 0.15) is 6.92 Å². The van der Waals surface area contributed by atoms with E-state index in [2.05, 4.69) is 26.6 Å². The molecule has 0 aliphatic heterocycles. The molecule has 0 amide bonds. The maximum Gasteiger partial charge on any atom is 0.204 e. The van der Waals surface area contributed by atoms with Crippen LogP contribution in [0.5, 0.6) is 0 Å². The largest absolute Gasteiger partial charge is 0.420 e. The molecule has 11 heavy (non-hydrogen) atoms. The predicted molar refractivity (Wildman–Crippen MR) is 51.4 cm³/mol. The van der Waals surface area contributed by atoms with E-state index in [1.165, 1.54) is 11.7 Å². The zero-order valence-electron chi connectivity index (χ0n) is 8.40. The van der Waals surface area contributed by atoms with E-state index in [1.807, 2.05) is 7.11 Å². The monoisotopic (exact) mass is 264 g/mol. The van der Waals surface area contributed by atoms with Crippen molar-refractivity contribution < 1.29 is 37.1 Å². The minimum Gasteiger partial charge on any atom is -0.420 e. The third-order valence-corrected chi connectivity index (χ3v) is 10.5. The maximum absolute atomic E-state index is 5.32. The van der Waals surface area contributed by atoms with E-state index < -0.39 is 17.1 Å². The molecule has 0 aliphatic carbocycles. The molecule has 64 valence electrons. The number of hydrogen-bond acceptors (Lipinski definition) is 1. The smallest absolute Gasteiger partial charge is 0.204 e. The molecule has 0 atom stereocenters. The minimum absolute atomic E-state index is 0. The van der Waals surface area contributed by atoms with Crippen LogP contribution in [0, 0.1) is 0 Å². The van der Waals surface area contributed by atoms with Gasteiger partial charge < -0.3 is 4.43 Å². The molecule has 0 saturated carbocycles. The van der Waals surface area contributed by atoms with Crippen LogP contribution in [0.2, 0.25) is 31.4 Å². The van der Waals surface area contributed by atoms with Crippen LogP contribution in [0.4, 0.5) is 0 Å². The molecule has 0 heterocycles. The summed E-state index contributed by atoms with van der Waals surface area (Å²) >= 11 is 0. The van der Waals surface area contributed by atoms with Crippen molar-refractivity contribution in [3.63, 3.8) is 0 Å². The van der Waals surface area contributed by atoms with Gasteiger partial charge in [0, 0.05) is 47.9 Å². The Kier molecular flexibility index (Phi) is 9.48. The number of rotatable bonds is 4. The van der Waals surface area contributed by atoms with Gasteiger partial charge in [0.05, 0.1) is 0 Å². The summed E-state index contributed by atoms with van der Waals surface area (Å²) in [6.07, 6.45) is 0. The molecule has 0 N–H and O–H groups in total. The van der Waals surface area contributed by atoms with Gasteiger partial charge in [-0.1, -0.05) is 26.1 Å². The fourth-order valence-corrected chi connectivity index (χ4v) is 7.84. The quantitative estimate of drug-likeness (QED) is 0.709. The standard InChI is InChI=1S/C7H19OSi2.Y/c1-6-10(4,5)7-9(3)8-2;/h6-7H2,1-5H3;. The molecule has 0 bridgehead atoms. The van der Waals surface area contributed by atoms with Gasteiger partial charge in [-0.3, -0.25) is 0 Å². The second kappa shape index (κ2) is 6.95. The first-order chi connectivity index (χ1) is 4.52. The van der Waals surface area contributed by atoms with Gasteiger partial charge in [0.2, 0.25) is 9.04 Å². The van der Waals surface area contributed by atoms with Gasteiger partial charge in [0.1, 0.15) is 0 Å². The van der Waals surface area contributed by atoms with Crippen molar-refractivity contribution in [3.8, 4) is 0 Å². The Balaban J connectivity index is 0. The van der Waals surface area contributed by atoms with Gasteiger partial charge in [-0.05, 0) is 12.2 Å². The zero-order chi connectivity index (χ0) is 8.20. The predicted octanol–water partition coefficient (Wildman–Crippen LogP) is 2.52. The first kappa shape index (κ1) is 15.0. The van der Waals surface area contributed by atoms with Gasteiger partial charge in [0.25, 0.3) is 0 Å². The second-order valence-corrected chi connectivity index (χ2v) is 11.9. The summed E-state index contributed by atoms with van der Waals surface area (Å²) < 4.78 is 5.32. The van der Waals surface area contributed by atoms with E-state index in [4.69, 9.17) is 4.43 Å². The van der Waals surface area contributed by atoms with Gasteiger partial charge in [-0.25, -0.2) is 0 Å². The molecule has 0 aliphatic rings. The van der Waals surface area contributed by atoms with E-state index in [0.29, 0.717) is 0 Å². The van der Waals surface area contributed by atoms with Gasteiger partial charge >= 0.3 is 0 Å². The zero-order valence-corrected chi connectivity index (χ0v) is 13.2. The molecule has 2 radical (unpaired) electrons. The Morgan fingerprint density at radius 2 is 1.82 bits per heavy atom. The Hall–Kier alpha value is 1.50. The Labute approximate surface area is 98.9 Å². The molecule has 0 rings (SSSR count). The second-order valence-electron chi connectivity index (χ2n) is 3.60. The van der Waals surface area contributed by atoms with Crippen molar-refractivity contribution in [2.45, 2.75) is 38.3 Å². The molecule has 0 fully saturated rings. The molecule has 0 saturated heterocycles. The Bertz CT molecular complexity index is 98.4. The summed E-state index contributed by atoms with van der Waals surface area (Å²) in [5.74, 6) is 0. The van der Waals surface area contributed by atoms with Crippen LogP contribution in [0.25, 0.3) is 0 Å². The van der Waals surface area contributed by atoms with Crippen molar-refractivity contribution in [2.24, 2.45) is 0 Å². The van der Waals surface area contributed by atoms with E-state index in [9.17, 15) is 0 Å². The molecular formula is C7H19OSi2Y. The van der Waals surface area contributed by atoms with Crippen molar-refractivity contribution >= 4 is 17.1 Å². The number of hydrogen-bond donors (Lipinski definition) is 0. The van der Waals surface area contributed by atoms with E-state index >= 15 is 0 Å². The summed E-state index contributed by atoms with van der Waals surface area (Å²) in [5, 5.41) is 0. The van der Waals surface area contributed by atoms with Crippen LogP contribution < -0.4 is 0 Å². The van der Waals surface area contributed by atoms with Crippen LogP contribution in [0.15, 0.2) is 0 Å². The molecule has 0 spiro atoms. The van der Waals surface area contributed by atoms with Gasteiger partial charge in [-0.15, -0.1) is 0 Å². The summed E-state index contributed by atoms with van der Waals surface area (Å²) in [5.41, 5.74) is 1.39. The SMILES string of the molecule is CC[Si](C)(C)C[Si](C)OC.[Y]. The Morgan fingerprint density at radius 3 is 2.09 bits per heavy atom.